The number of amides is 1. The van der Waals surface area contributed by atoms with E-state index >= 15 is 0 Å². The molecule has 1 heterocycles. The highest BCUT2D eigenvalue weighted by atomic mass is 16.5. The fraction of sp³-hybridized carbons (Fsp3) is 0.273. The lowest BCUT2D eigenvalue weighted by molar-refractivity contribution is -0.142. The van der Waals surface area contributed by atoms with E-state index in [4.69, 9.17) is 4.74 Å². The van der Waals surface area contributed by atoms with Crippen LogP contribution in [0.3, 0.4) is 0 Å². The van der Waals surface area contributed by atoms with E-state index in [2.05, 4.69) is 10.3 Å². The third kappa shape index (κ3) is 4.17. The van der Waals surface area contributed by atoms with E-state index in [-0.39, 0.29) is 13.0 Å². The second-order valence-electron chi connectivity index (χ2n) is 6.96. The molecule has 6 heteroatoms. The van der Waals surface area contributed by atoms with Gasteiger partial charge in [-0.3, -0.25) is 4.79 Å². The maximum Gasteiger partial charge on any atom is 0.326 e. The molecule has 0 fully saturated rings. The zero-order chi connectivity index (χ0) is 20.3. The van der Waals surface area contributed by atoms with Crippen LogP contribution in [0.15, 0.2) is 42.6 Å². The summed E-state index contributed by atoms with van der Waals surface area (Å²) in [5, 5.41) is 13.1. The molecule has 0 spiro atoms. The van der Waals surface area contributed by atoms with Gasteiger partial charge in [0.2, 0.25) is 0 Å². The van der Waals surface area contributed by atoms with Crippen molar-refractivity contribution < 1.29 is 19.4 Å². The van der Waals surface area contributed by atoms with Crippen LogP contribution < -0.4 is 10.1 Å². The summed E-state index contributed by atoms with van der Waals surface area (Å²) < 4.78 is 5.69. The maximum absolute atomic E-state index is 12.3. The summed E-state index contributed by atoms with van der Waals surface area (Å²) in [6.45, 7) is 5.59. The highest BCUT2D eigenvalue weighted by molar-refractivity contribution is 5.87. The van der Waals surface area contributed by atoms with E-state index in [1.807, 2.05) is 57.2 Å². The number of nitrogens with one attached hydrogen (secondary N) is 2. The predicted octanol–water partition coefficient (Wildman–Crippen LogP) is 3.28. The predicted molar refractivity (Wildman–Crippen MR) is 108 cm³/mol. The Balaban J connectivity index is 1.67. The zero-order valence-electron chi connectivity index (χ0n) is 16.2. The van der Waals surface area contributed by atoms with Gasteiger partial charge >= 0.3 is 5.97 Å². The average molecular weight is 380 g/mol. The second kappa shape index (κ2) is 8.17. The summed E-state index contributed by atoms with van der Waals surface area (Å²) in [4.78, 5) is 27.1. The van der Waals surface area contributed by atoms with Gasteiger partial charge in [-0.05, 0) is 49.1 Å². The Morgan fingerprint density at radius 2 is 1.82 bits per heavy atom. The molecular weight excluding hydrogens is 356 g/mol. The monoisotopic (exact) mass is 380 g/mol. The van der Waals surface area contributed by atoms with E-state index in [1.54, 1.807) is 6.20 Å². The number of aromatic nitrogens is 1. The number of carbonyl (C=O) groups is 2. The third-order valence-corrected chi connectivity index (χ3v) is 4.95. The minimum atomic E-state index is -1.08. The molecule has 6 nitrogen and oxygen atoms in total. The van der Waals surface area contributed by atoms with E-state index < -0.39 is 17.9 Å². The molecule has 0 aliphatic carbocycles. The Morgan fingerprint density at radius 3 is 2.57 bits per heavy atom. The highest BCUT2D eigenvalue weighted by Crippen LogP contribution is 2.25. The molecule has 3 N–H and O–H groups in total. The lowest BCUT2D eigenvalue weighted by Crippen LogP contribution is -2.44. The number of aryl methyl sites for hydroxylation is 2. The van der Waals surface area contributed by atoms with Crippen molar-refractivity contribution in [3.8, 4) is 5.75 Å². The number of hydrogen-bond acceptors (Lipinski definition) is 3. The minimum Gasteiger partial charge on any atom is -0.483 e. The maximum atomic E-state index is 12.3. The SMILES string of the molecule is Cc1ccc(C)c(OCC(=O)N[C@H](Cc2c[nH]c3ccccc23)C(=O)O)c1C. The first-order valence-corrected chi connectivity index (χ1v) is 9.13. The van der Waals surface area contributed by atoms with Crippen molar-refractivity contribution in [1.29, 1.82) is 0 Å². The Morgan fingerprint density at radius 1 is 1.11 bits per heavy atom. The van der Waals surface area contributed by atoms with E-state index in [1.165, 1.54) is 0 Å². The zero-order valence-corrected chi connectivity index (χ0v) is 16.2. The van der Waals surface area contributed by atoms with Gasteiger partial charge in [-0.15, -0.1) is 0 Å². The molecule has 1 aromatic heterocycles. The number of aliphatic carboxylic acids is 1. The molecule has 0 aliphatic heterocycles. The Bertz CT molecular complexity index is 1020. The van der Waals surface area contributed by atoms with Crippen LogP contribution in [0.4, 0.5) is 0 Å². The van der Waals surface area contributed by atoms with E-state index in [9.17, 15) is 14.7 Å². The number of ether oxygens (including phenoxy) is 1. The van der Waals surface area contributed by atoms with Crippen molar-refractivity contribution in [3.63, 3.8) is 0 Å². The number of rotatable bonds is 7. The number of fused-ring (bicyclic) bond motifs is 1. The van der Waals surface area contributed by atoms with Crippen molar-refractivity contribution in [2.75, 3.05) is 6.61 Å². The van der Waals surface area contributed by atoms with E-state index in [0.29, 0.717) is 5.75 Å². The number of carboxylic acid groups (broad SMARTS) is 1. The van der Waals surface area contributed by atoms with Crippen molar-refractivity contribution in [2.45, 2.75) is 33.2 Å². The molecule has 146 valence electrons. The number of para-hydroxylation sites is 1. The normalized spacial score (nSPS) is 12.0. The average Bonchev–Trinajstić information content (AvgIpc) is 3.07. The molecule has 0 aliphatic rings. The van der Waals surface area contributed by atoms with Crippen molar-refractivity contribution in [1.82, 2.24) is 10.3 Å². The molecule has 0 unspecified atom stereocenters. The molecule has 2 aromatic carbocycles. The molecule has 3 rings (SSSR count). The summed E-state index contributed by atoms with van der Waals surface area (Å²) in [5.41, 5.74) is 4.76. The number of benzene rings is 2. The standard InChI is InChI=1S/C22H24N2O4/c1-13-8-9-14(2)21(15(13)3)28-12-20(25)24-19(22(26)27)10-16-11-23-18-7-5-4-6-17(16)18/h4-9,11,19,23H,10,12H2,1-3H3,(H,24,25)(H,26,27)/t19-/m1/s1. The van der Waals surface area contributed by atoms with Gasteiger partial charge in [0.25, 0.3) is 5.91 Å². The van der Waals surface area contributed by atoms with Crippen LogP contribution in [0.1, 0.15) is 22.3 Å². The smallest absolute Gasteiger partial charge is 0.326 e. The van der Waals surface area contributed by atoms with Gasteiger partial charge in [-0.25, -0.2) is 4.79 Å². The molecule has 0 saturated carbocycles. The molecule has 0 saturated heterocycles. The van der Waals surface area contributed by atoms with Crippen LogP contribution in [-0.4, -0.2) is 34.6 Å². The molecule has 1 atom stereocenters. The van der Waals surface area contributed by atoms with E-state index in [0.717, 1.165) is 33.2 Å². The van der Waals surface area contributed by atoms with Crippen LogP contribution >= 0.6 is 0 Å². The van der Waals surface area contributed by atoms with Crippen LogP contribution in [0, 0.1) is 20.8 Å². The number of carbonyl (C=O) groups excluding carboxylic acids is 1. The lowest BCUT2D eigenvalue weighted by Gasteiger charge is -2.17. The van der Waals surface area contributed by atoms with Gasteiger partial charge < -0.3 is 20.1 Å². The number of H-pyrrole nitrogens is 1. The fourth-order valence-electron chi connectivity index (χ4n) is 3.24. The summed E-state index contributed by atoms with van der Waals surface area (Å²) in [6, 6.07) is 10.6. The first kappa shape index (κ1) is 19.5. The molecular formula is C22H24N2O4. The quantitative estimate of drug-likeness (QED) is 0.587. The summed E-state index contributed by atoms with van der Waals surface area (Å²) in [7, 11) is 0. The van der Waals surface area contributed by atoms with Gasteiger partial charge in [0, 0.05) is 23.5 Å². The molecule has 28 heavy (non-hydrogen) atoms. The van der Waals surface area contributed by atoms with Crippen molar-refractivity contribution in [2.24, 2.45) is 0 Å². The molecule has 1 amide bonds. The highest BCUT2D eigenvalue weighted by Gasteiger charge is 2.22. The van der Waals surface area contributed by atoms with Crippen LogP contribution in [-0.2, 0) is 16.0 Å². The molecule has 3 aromatic rings. The fourth-order valence-corrected chi connectivity index (χ4v) is 3.24. The molecule has 0 radical (unpaired) electrons. The Labute approximate surface area is 163 Å². The first-order valence-electron chi connectivity index (χ1n) is 9.13. The van der Waals surface area contributed by atoms with Crippen molar-refractivity contribution >= 4 is 22.8 Å². The topological polar surface area (TPSA) is 91.4 Å². The van der Waals surface area contributed by atoms with Gasteiger partial charge in [-0.2, -0.15) is 0 Å². The minimum absolute atomic E-state index is 0.188. The largest absolute Gasteiger partial charge is 0.483 e. The van der Waals surface area contributed by atoms with Gasteiger partial charge in [0.1, 0.15) is 11.8 Å². The van der Waals surface area contributed by atoms with Crippen LogP contribution in [0.25, 0.3) is 10.9 Å². The number of aromatic amines is 1. The van der Waals surface area contributed by atoms with Gasteiger partial charge in [0.15, 0.2) is 6.61 Å². The lowest BCUT2D eigenvalue weighted by atomic mass is 10.0. The van der Waals surface area contributed by atoms with Crippen LogP contribution in [0.2, 0.25) is 0 Å². The summed E-state index contributed by atoms with van der Waals surface area (Å²) in [6.07, 6.45) is 1.97. The number of hydrogen-bond donors (Lipinski definition) is 3. The summed E-state index contributed by atoms with van der Waals surface area (Å²) >= 11 is 0. The second-order valence-corrected chi connectivity index (χ2v) is 6.96. The third-order valence-electron chi connectivity index (χ3n) is 4.95. The molecule has 0 bridgehead atoms. The first-order chi connectivity index (χ1) is 13.4. The number of carboxylic acids is 1. The van der Waals surface area contributed by atoms with Gasteiger partial charge in [-0.1, -0.05) is 30.3 Å². The Kier molecular flexibility index (Phi) is 5.68. The Hall–Kier alpha value is -3.28. The van der Waals surface area contributed by atoms with Gasteiger partial charge in [0.05, 0.1) is 0 Å². The van der Waals surface area contributed by atoms with Crippen molar-refractivity contribution in [3.05, 3.63) is 64.8 Å². The van der Waals surface area contributed by atoms with Crippen LogP contribution in [0.5, 0.6) is 5.75 Å². The summed E-state index contributed by atoms with van der Waals surface area (Å²) in [5.74, 6) is -0.882.